The Morgan fingerprint density at radius 1 is 1.47 bits per heavy atom. The molecule has 3 rings (SSSR count). The van der Waals surface area contributed by atoms with Crippen LogP contribution in [-0.4, -0.2) is 40.1 Å². The Hall–Kier alpha value is -1.88. The van der Waals surface area contributed by atoms with Gasteiger partial charge in [0.2, 0.25) is 5.91 Å². The van der Waals surface area contributed by atoms with E-state index in [2.05, 4.69) is 16.5 Å². The fourth-order valence-electron chi connectivity index (χ4n) is 2.56. The van der Waals surface area contributed by atoms with Crippen LogP contribution < -0.4 is 5.32 Å². The highest BCUT2D eigenvalue weighted by molar-refractivity contribution is 5.76. The number of hydrogen-bond acceptors (Lipinski definition) is 3. The number of aromatic nitrogens is 2. The zero-order valence-corrected chi connectivity index (χ0v) is 11.0. The number of carbonyl (C=O) groups is 1. The van der Waals surface area contributed by atoms with Crippen LogP contribution in [0.3, 0.4) is 0 Å². The van der Waals surface area contributed by atoms with E-state index in [4.69, 9.17) is 0 Å². The van der Waals surface area contributed by atoms with Gasteiger partial charge in [0, 0.05) is 44.4 Å². The predicted octanol–water partition coefficient (Wildman–Crippen LogP) is 1.04. The lowest BCUT2D eigenvalue weighted by Gasteiger charge is -2.30. The first-order chi connectivity index (χ1) is 9.24. The number of carbonyl (C=O) groups excluding carboxylic acids is 1. The summed E-state index contributed by atoms with van der Waals surface area (Å²) in [6.45, 7) is 1.58. The van der Waals surface area contributed by atoms with Crippen LogP contribution in [0, 0.1) is 0 Å². The summed E-state index contributed by atoms with van der Waals surface area (Å²) in [7, 11) is 1.87. The third-order valence-electron chi connectivity index (χ3n) is 3.71. The SMILES string of the molecule is CN1CC(NCc2cnn3ccccc23)CCC1=O. The summed E-state index contributed by atoms with van der Waals surface area (Å²) in [4.78, 5) is 13.2. The Balaban J connectivity index is 1.65. The van der Waals surface area contributed by atoms with E-state index in [9.17, 15) is 4.79 Å². The molecule has 1 fully saturated rings. The lowest BCUT2D eigenvalue weighted by atomic mass is 10.1. The van der Waals surface area contributed by atoms with Crippen molar-refractivity contribution in [2.75, 3.05) is 13.6 Å². The molecule has 0 spiro atoms. The number of pyridine rings is 1. The maximum atomic E-state index is 11.4. The van der Waals surface area contributed by atoms with Crippen molar-refractivity contribution in [2.24, 2.45) is 0 Å². The van der Waals surface area contributed by atoms with Crippen LogP contribution in [0.1, 0.15) is 18.4 Å². The van der Waals surface area contributed by atoms with Crippen molar-refractivity contribution >= 4 is 11.4 Å². The third kappa shape index (κ3) is 2.46. The average Bonchev–Trinajstić information content (AvgIpc) is 2.83. The normalized spacial score (nSPS) is 20.2. The number of nitrogens with zero attached hydrogens (tertiary/aromatic N) is 3. The number of amides is 1. The first kappa shape index (κ1) is 12.2. The third-order valence-corrected chi connectivity index (χ3v) is 3.71. The molecule has 1 aliphatic rings. The second-order valence-corrected chi connectivity index (χ2v) is 5.09. The smallest absolute Gasteiger partial charge is 0.222 e. The van der Waals surface area contributed by atoms with Crippen LogP contribution in [0.4, 0.5) is 0 Å². The summed E-state index contributed by atoms with van der Waals surface area (Å²) >= 11 is 0. The average molecular weight is 258 g/mol. The van der Waals surface area contributed by atoms with E-state index >= 15 is 0 Å². The number of hydrogen-bond donors (Lipinski definition) is 1. The minimum Gasteiger partial charge on any atom is -0.344 e. The molecular formula is C14H18N4O. The van der Waals surface area contributed by atoms with Gasteiger partial charge in [0.05, 0.1) is 11.7 Å². The van der Waals surface area contributed by atoms with Gasteiger partial charge < -0.3 is 10.2 Å². The molecule has 1 atom stereocenters. The van der Waals surface area contributed by atoms with E-state index < -0.39 is 0 Å². The number of nitrogens with one attached hydrogen (secondary N) is 1. The molecule has 1 amide bonds. The van der Waals surface area contributed by atoms with Crippen molar-refractivity contribution < 1.29 is 4.79 Å². The molecule has 0 bridgehead atoms. The molecule has 19 heavy (non-hydrogen) atoms. The van der Waals surface area contributed by atoms with Crippen LogP contribution in [-0.2, 0) is 11.3 Å². The van der Waals surface area contributed by atoms with Gasteiger partial charge in [0.15, 0.2) is 0 Å². The van der Waals surface area contributed by atoms with Crippen LogP contribution in [0.15, 0.2) is 30.6 Å². The molecule has 5 nitrogen and oxygen atoms in total. The van der Waals surface area contributed by atoms with Gasteiger partial charge in [-0.25, -0.2) is 4.52 Å². The minimum atomic E-state index is 0.244. The zero-order valence-electron chi connectivity index (χ0n) is 11.0. The molecule has 5 heteroatoms. The zero-order chi connectivity index (χ0) is 13.2. The van der Waals surface area contributed by atoms with E-state index in [0.29, 0.717) is 12.5 Å². The van der Waals surface area contributed by atoms with Gasteiger partial charge in [-0.2, -0.15) is 5.10 Å². The second-order valence-electron chi connectivity index (χ2n) is 5.09. The van der Waals surface area contributed by atoms with E-state index in [-0.39, 0.29) is 5.91 Å². The number of fused-ring (bicyclic) bond motifs is 1. The fourth-order valence-corrected chi connectivity index (χ4v) is 2.56. The molecule has 0 aliphatic carbocycles. The van der Waals surface area contributed by atoms with E-state index in [1.54, 1.807) is 4.90 Å². The van der Waals surface area contributed by atoms with E-state index in [1.807, 2.05) is 36.1 Å². The lowest BCUT2D eigenvalue weighted by Crippen LogP contribution is -2.46. The highest BCUT2D eigenvalue weighted by Crippen LogP contribution is 2.13. The molecular weight excluding hydrogens is 240 g/mol. The molecule has 2 aromatic heterocycles. The van der Waals surface area contributed by atoms with Crippen molar-refractivity contribution in [3.8, 4) is 0 Å². The van der Waals surface area contributed by atoms with Gasteiger partial charge in [0.25, 0.3) is 0 Å². The van der Waals surface area contributed by atoms with Gasteiger partial charge in [-0.15, -0.1) is 0 Å². The Morgan fingerprint density at radius 3 is 3.21 bits per heavy atom. The van der Waals surface area contributed by atoms with Crippen molar-refractivity contribution in [3.63, 3.8) is 0 Å². The molecule has 3 heterocycles. The molecule has 0 saturated carbocycles. The number of piperidine rings is 1. The molecule has 100 valence electrons. The summed E-state index contributed by atoms with van der Waals surface area (Å²) in [6, 6.07) is 6.44. The molecule has 2 aromatic rings. The van der Waals surface area contributed by atoms with Crippen molar-refractivity contribution in [2.45, 2.75) is 25.4 Å². The maximum absolute atomic E-state index is 11.4. The summed E-state index contributed by atoms with van der Waals surface area (Å²) in [5.74, 6) is 0.244. The molecule has 1 N–H and O–H groups in total. The van der Waals surface area contributed by atoms with E-state index in [0.717, 1.165) is 25.0 Å². The predicted molar refractivity (Wildman–Crippen MR) is 72.7 cm³/mol. The Kier molecular flexibility index (Phi) is 3.21. The molecule has 0 radical (unpaired) electrons. The topological polar surface area (TPSA) is 49.6 Å². The van der Waals surface area contributed by atoms with Crippen molar-refractivity contribution in [3.05, 3.63) is 36.2 Å². The standard InChI is InChI=1S/C14H18N4O/c1-17-10-12(5-6-14(17)19)15-8-11-9-16-18-7-3-2-4-13(11)18/h2-4,7,9,12,15H,5-6,8,10H2,1H3. The largest absolute Gasteiger partial charge is 0.344 e. The van der Waals surface area contributed by atoms with Crippen LogP contribution in [0.25, 0.3) is 5.52 Å². The van der Waals surface area contributed by atoms with Crippen molar-refractivity contribution in [1.29, 1.82) is 0 Å². The van der Waals surface area contributed by atoms with Crippen LogP contribution in [0.2, 0.25) is 0 Å². The highest BCUT2D eigenvalue weighted by atomic mass is 16.2. The van der Waals surface area contributed by atoms with Crippen molar-refractivity contribution in [1.82, 2.24) is 19.8 Å². The Morgan fingerprint density at radius 2 is 2.37 bits per heavy atom. The number of rotatable bonds is 3. The maximum Gasteiger partial charge on any atom is 0.222 e. The van der Waals surface area contributed by atoms with Crippen LogP contribution in [0.5, 0.6) is 0 Å². The fraction of sp³-hybridized carbons (Fsp3) is 0.429. The van der Waals surface area contributed by atoms with Crippen LogP contribution >= 0.6 is 0 Å². The first-order valence-electron chi connectivity index (χ1n) is 6.62. The molecule has 1 saturated heterocycles. The molecule has 1 unspecified atom stereocenters. The summed E-state index contributed by atoms with van der Waals surface area (Å²) in [5.41, 5.74) is 2.33. The first-order valence-corrected chi connectivity index (χ1v) is 6.62. The quantitative estimate of drug-likeness (QED) is 0.895. The van der Waals surface area contributed by atoms with E-state index in [1.165, 1.54) is 5.56 Å². The summed E-state index contributed by atoms with van der Waals surface area (Å²) in [5, 5.41) is 7.84. The summed E-state index contributed by atoms with van der Waals surface area (Å²) < 4.78 is 1.88. The Labute approximate surface area is 112 Å². The van der Waals surface area contributed by atoms with Gasteiger partial charge in [-0.1, -0.05) is 6.07 Å². The lowest BCUT2D eigenvalue weighted by molar-refractivity contribution is -0.132. The monoisotopic (exact) mass is 258 g/mol. The van der Waals surface area contributed by atoms with Gasteiger partial charge in [-0.3, -0.25) is 4.79 Å². The second kappa shape index (κ2) is 5.01. The highest BCUT2D eigenvalue weighted by Gasteiger charge is 2.22. The number of likely N-dealkylation sites (N-methyl/N-ethyl adjacent to an activating group) is 1. The van der Waals surface area contributed by atoms with Gasteiger partial charge in [-0.05, 0) is 18.6 Å². The number of likely N-dealkylation sites (tertiary alicyclic amines) is 1. The Bertz CT molecular complexity index is 592. The molecule has 0 aromatic carbocycles. The minimum absolute atomic E-state index is 0.244. The van der Waals surface area contributed by atoms with Gasteiger partial charge >= 0.3 is 0 Å². The van der Waals surface area contributed by atoms with Gasteiger partial charge in [0.1, 0.15) is 0 Å². The summed E-state index contributed by atoms with van der Waals surface area (Å²) in [6.07, 6.45) is 5.41. The molecule has 1 aliphatic heterocycles.